The number of likely N-dealkylation sites (N-methyl/N-ethyl adjacent to an activating group) is 1. The minimum absolute atomic E-state index is 0.205. The van der Waals surface area contributed by atoms with Gasteiger partial charge >= 0.3 is 5.97 Å². The molecule has 0 aromatic carbocycles. The van der Waals surface area contributed by atoms with E-state index in [1.54, 1.807) is 11.3 Å². The van der Waals surface area contributed by atoms with Crippen LogP contribution in [0.2, 0.25) is 0 Å². The monoisotopic (exact) mass is 258 g/mol. The molecule has 1 N–H and O–H groups in total. The lowest BCUT2D eigenvalue weighted by molar-refractivity contribution is -0.162. The van der Waals surface area contributed by atoms with Crippen LogP contribution in [0.15, 0.2) is 5.38 Å². The van der Waals surface area contributed by atoms with E-state index in [0.29, 0.717) is 6.54 Å². The van der Waals surface area contributed by atoms with Crippen molar-refractivity contribution in [3.63, 3.8) is 0 Å². The molecular weight excluding hydrogens is 240 g/mol. The molecule has 96 valence electrons. The molecule has 5 nitrogen and oxygen atoms in total. The summed E-state index contributed by atoms with van der Waals surface area (Å²) in [6, 6.07) is 0. The van der Waals surface area contributed by atoms with Crippen molar-refractivity contribution in [2.24, 2.45) is 0 Å². The first-order valence-corrected chi connectivity index (χ1v) is 6.13. The van der Waals surface area contributed by atoms with Crippen LogP contribution < -0.4 is 0 Å². The van der Waals surface area contributed by atoms with Gasteiger partial charge in [0.1, 0.15) is 0 Å². The zero-order chi connectivity index (χ0) is 13.1. The third-order valence-corrected chi connectivity index (χ3v) is 3.12. The quantitative estimate of drug-likeness (QED) is 0.792. The van der Waals surface area contributed by atoms with Crippen molar-refractivity contribution in [1.29, 1.82) is 0 Å². The maximum Gasteiger partial charge on any atom is 0.338 e. The smallest absolute Gasteiger partial charge is 0.338 e. The summed E-state index contributed by atoms with van der Waals surface area (Å²) in [4.78, 5) is 17.5. The zero-order valence-corrected chi connectivity index (χ0v) is 11.4. The van der Waals surface area contributed by atoms with Gasteiger partial charge in [-0.05, 0) is 20.9 Å². The average molecular weight is 258 g/mol. The van der Waals surface area contributed by atoms with E-state index in [0.717, 1.165) is 10.7 Å². The topological polar surface area (TPSA) is 62.7 Å². The van der Waals surface area contributed by atoms with E-state index >= 15 is 0 Å². The van der Waals surface area contributed by atoms with Crippen LogP contribution in [0, 0.1) is 6.92 Å². The molecule has 1 atom stereocenters. The highest BCUT2D eigenvalue weighted by atomic mass is 32.1. The lowest BCUT2D eigenvalue weighted by atomic mass is 10.1. The highest BCUT2D eigenvalue weighted by Crippen LogP contribution is 2.13. The fraction of sp³-hybridized carbons (Fsp3) is 0.636. The second kappa shape index (κ2) is 5.57. The molecular formula is C11H18N2O3S. The number of thiazole rings is 1. The number of carbonyl (C=O) groups excluding carboxylic acids is 1. The van der Waals surface area contributed by atoms with Crippen LogP contribution in [-0.2, 0) is 16.1 Å². The number of carbonyl (C=O) groups is 1. The first kappa shape index (κ1) is 14.1. The first-order valence-electron chi connectivity index (χ1n) is 5.25. The number of hydrogen-bond donors (Lipinski definition) is 1. The second-order valence-corrected chi connectivity index (χ2v) is 5.36. The third kappa shape index (κ3) is 4.07. The SMILES string of the molecule is COC(=O)C(C)(O)CN(C)Cc1csc(C)n1. The van der Waals surface area contributed by atoms with Crippen molar-refractivity contribution in [3.05, 3.63) is 16.1 Å². The van der Waals surface area contributed by atoms with Gasteiger partial charge in [-0.1, -0.05) is 0 Å². The van der Waals surface area contributed by atoms with E-state index in [-0.39, 0.29) is 6.54 Å². The van der Waals surface area contributed by atoms with Gasteiger partial charge in [0.15, 0.2) is 5.60 Å². The van der Waals surface area contributed by atoms with Gasteiger partial charge in [-0.25, -0.2) is 9.78 Å². The van der Waals surface area contributed by atoms with Gasteiger partial charge in [0, 0.05) is 18.5 Å². The van der Waals surface area contributed by atoms with Crippen LogP contribution in [0.3, 0.4) is 0 Å². The Hall–Kier alpha value is -0.980. The molecule has 1 unspecified atom stereocenters. The Morgan fingerprint density at radius 1 is 1.71 bits per heavy atom. The summed E-state index contributed by atoms with van der Waals surface area (Å²) in [5, 5.41) is 12.9. The number of rotatable bonds is 5. The van der Waals surface area contributed by atoms with Crippen LogP contribution in [-0.4, -0.2) is 47.3 Å². The number of aliphatic hydroxyl groups is 1. The normalized spacial score (nSPS) is 14.7. The number of aromatic nitrogens is 1. The van der Waals surface area contributed by atoms with Crippen molar-refractivity contribution in [2.45, 2.75) is 26.0 Å². The summed E-state index contributed by atoms with van der Waals surface area (Å²) in [7, 11) is 3.09. The molecule has 1 rings (SSSR count). The molecule has 0 spiro atoms. The molecule has 0 aliphatic rings. The van der Waals surface area contributed by atoms with Gasteiger partial charge in [0.2, 0.25) is 0 Å². The molecule has 0 aliphatic carbocycles. The zero-order valence-electron chi connectivity index (χ0n) is 10.6. The van der Waals surface area contributed by atoms with Crippen LogP contribution in [0.5, 0.6) is 0 Å². The second-order valence-electron chi connectivity index (χ2n) is 4.30. The van der Waals surface area contributed by atoms with Crippen LogP contribution in [0.1, 0.15) is 17.6 Å². The molecule has 0 saturated carbocycles. The largest absolute Gasteiger partial charge is 0.467 e. The molecule has 0 fully saturated rings. The number of nitrogens with zero attached hydrogens (tertiary/aromatic N) is 2. The first-order chi connectivity index (χ1) is 7.85. The lowest BCUT2D eigenvalue weighted by Crippen LogP contribution is -2.46. The van der Waals surface area contributed by atoms with Gasteiger partial charge in [-0.2, -0.15) is 0 Å². The van der Waals surface area contributed by atoms with E-state index < -0.39 is 11.6 Å². The Bertz CT molecular complexity index is 390. The lowest BCUT2D eigenvalue weighted by Gasteiger charge is -2.26. The predicted molar refractivity (Wildman–Crippen MR) is 65.8 cm³/mol. The van der Waals surface area contributed by atoms with E-state index in [1.165, 1.54) is 14.0 Å². The Kier molecular flexibility index (Phi) is 4.62. The molecule has 1 heterocycles. The maximum atomic E-state index is 11.3. The summed E-state index contributed by atoms with van der Waals surface area (Å²) >= 11 is 1.58. The highest BCUT2D eigenvalue weighted by molar-refractivity contribution is 7.09. The molecule has 0 bridgehead atoms. The molecule has 0 saturated heterocycles. The summed E-state index contributed by atoms with van der Waals surface area (Å²) in [6.07, 6.45) is 0. The summed E-state index contributed by atoms with van der Waals surface area (Å²) < 4.78 is 4.54. The van der Waals surface area contributed by atoms with Gasteiger partial charge in [-0.3, -0.25) is 4.90 Å². The Morgan fingerprint density at radius 3 is 2.82 bits per heavy atom. The molecule has 1 aromatic rings. The van der Waals surface area contributed by atoms with Gasteiger partial charge in [0.05, 0.1) is 17.8 Å². The van der Waals surface area contributed by atoms with Crippen molar-refractivity contribution < 1.29 is 14.6 Å². The Labute approximate surface area is 105 Å². The number of aryl methyl sites for hydroxylation is 1. The summed E-state index contributed by atoms with van der Waals surface area (Å²) in [5.41, 5.74) is -0.551. The van der Waals surface area contributed by atoms with Crippen molar-refractivity contribution in [3.8, 4) is 0 Å². The van der Waals surface area contributed by atoms with Gasteiger partial charge < -0.3 is 9.84 Å². The number of hydrogen-bond acceptors (Lipinski definition) is 6. The van der Waals surface area contributed by atoms with E-state index in [4.69, 9.17) is 0 Å². The van der Waals surface area contributed by atoms with Crippen LogP contribution in [0.4, 0.5) is 0 Å². The number of esters is 1. The molecule has 0 amide bonds. The van der Waals surface area contributed by atoms with E-state index in [9.17, 15) is 9.90 Å². The van der Waals surface area contributed by atoms with Crippen molar-refractivity contribution in [2.75, 3.05) is 20.7 Å². The molecule has 17 heavy (non-hydrogen) atoms. The standard InChI is InChI=1S/C11H18N2O3S/c1-8-12-9(6-17-8)5-13(3)7-11(2,15)10(14)16-4/h6,15H,5,7H2,1-4H3. The average Bonchev–Trinajstić information content (AvgIpc) is 2.61. The third-order valence-electron chi connectivity index (χ3n) is 2.30. The fourth-order valence-electron chi connectivity index (χ4n) is 1.62. The van der Waals surface area contributed by atoms with Crippen LogP contribution in [0.25, 0.3) is 0 Å². The summed E-state index contributed by atoms with van der Waals surface area (Å²) in [6.45, 7) is 4.19. The minimum Gasteiger partial charge on any atom is -0.467 e. The van der Waals surface area contributed by atoms with E-state index in [1.807, 2.05) is 24.3 Å². The molecule has 0 radical (unpaired) electrons. The van der Waals surface area contributed by atoms with E-state index in [2.05, 4.69) is 9.72 Å². The van der Waals surface area contributed by atoms with Gasteiger partial charge in [-0.15, -0.1) is 11.3 Å². The summed E-state index contributed by atoms with van der Waals surface area (Å²) in [5.74, 6) is -0.626. The predicted octanol–water partition coefficient (Wildman–Crippen LogP) is 0.807. The molecule has 0 aliphatic heterocycles. The molecule has 6 heteroatoms. The Balaban J connectivity index is 2.54. The number of ether oxygens (including phenoxy) is 1. The van der Waals surface area contributed by atoms with Crippen molar-refractivity contribution >= 4 is 17.3 Å². The van der Waals surface area contributed by atoms with Gasteiger partial charge in [0.25, 0.3) is 0 Å². The maximum absolute atomic E-state index is 11.3. The number of methoxy groups -OCH3 is 1. The van der Waals surface area contributed by atoms with Crippen molar-refractivity contribution in [1.82, 2.24) is 9.88 Å². The molecule has 1 aromatic heterocycles. The minimum atomic E-state index is -1.49. The Morgan fingerprint density at radius 2 is 2.35 bits per heavy atom. The van der Waals surface area contributed by atoms with Crippen LogP contribution >= 0.6 is 11.3 Å². The fourth-order valence-corrected chi connectivity index (χ4v) is 2.23. The highest BCUT2D eigenvalue weighted by Gasteiger charge is 2.32.